The molecule has 8 nitrogen and oxygen atoms in total. The zero-order chi connectivity index (χ0) is 30.7. The highest BCUT2D eigenvalue weighted by Crippen LogP contribution is 2.28. The Labute approximate surface area is 258 Å². The second-order valence-corrected chi connectivity index (χ2v) is 12.7. The van der Waals surface area contributed by atoms with Crippen LogP contribution in [-0.4, -0.2) is 57.1 Å². The Hall–Kier alpha value is -3.21. The van der Waals surface area contributed by atoms with E-state index in [9.17, 15) is 18.0 Å². The van der Waals surface area contributed by atoms with Crippen LogP contribution in [0, 0.1) is 0 Å². The molecule has 0 fully saturated rings. The van der Waals surface area contributed by atoms with Crippen molar-refractivity contribution in [2.24, 2.45) is 0 Å². The van der Waals surface area contributed by atoms with Crippen LogP contribution in [0.5, 0.6) is 5.75 Å². The van der Waals surface area contributed by atoms with E-state index in [4.69, 9.17) is 16.3 Å². The van der Waals surface area contributed by atoms with Gasteiger partial charge in [-0.1, -0.05) is 43.1 Å². The number of amides is 2. The average Bonchev–Trinajstić information content (AvgIpc) is 2.99. The van der Waals surface area contributed by atoms with Gasteiger partial charge in [0, 0.05) is 23.0 Å². The Balaban J connectivity index is 2.02. The molecule has 42 heavy (non-hydrogen) atoms. The first-order valence-corrected chi connectivity index (χ1v) is 16.9. The normalized spacial score (nSPS) is 11.9. The second kappa shape index (κ2) is 15.9. The van der Waals surface area contributed by atoms with Crippen LogP contribution in [0.1, 0.15) is 39.2 Å². The summed E-state index contributed by atoms with van der Waals surface area (Å²) in [6.45, 7) is 5.94. The molecular weight excluding hydrogens is 594 g/mol. The molecule has 0 saturated carbocycles. The third-order valence-corrected chi connectivity index (χ3v) is 9.56. The fourth-order valence-electron chi connectivity index (χ4n) is 4.21. The number of carbonyl (C=O) groups excluding carboxylic acids is 2. The molecule has 0 heterocycles. The van der Waals surface area contributed by atoms with Crippen molar-refractivity contribution >= 4 is 50.9 Å². The molecule has 1 atom stereocenters. The number of hydrogen-bond donors (Lipinski definition) is 1. The Morgan fingerprint density at radius 1 is 1.00 bits per heavy atom. The lowest BCUT2D eigenvalue weighted by atomic mass is 10.1. The van der Waals surface area contributed by atoms with Gasteiger partial charge in [-0.15, -0.1) is 11.8 Å². The summed E-state index contributed by atoms with van der Waals surface area (Å²) in [5, 5.41) is 3.32. The third-order valence-electron chi connectivity index (χ3n) is 6.66. The molecule has 11 heteroatoms. The Kier molecular flexibility index (Phi) is 12.6. The Bertz CT molecular complexity index is 1430. The number of hydrogen-bond acceptors (Lipinski definition) is 6. The third kappa shape index (κ3) is 8.65. The summed E-state index contributed by atoms with van der Waals surface area (Å²) in [6.07, 6.45) is 3.61. The number of benzene rings is 3. The molecule has 1 N–H and O–H groups in total. The summed E-state index contributed by atoms with van der Waals surface area (Å²) in [4.78, 5) is 29.4. The van der Waals surface area contributed by atoms with Crippen molar-refractivity contribution in [1.82, 2.24) is 10.2 Å². The summed E-state index contributed by atoms with van der Waals surface area (Å²) in [5.41, 5.74) is 0.933. The van der Waals surface area contributed by atoms with Gasteiger partial charge in [-0.25, -0.2) is 8.42 Å². The number of nitrogens with one attached hydrogen (secondary N) is 1. The van der Waals surface area contributed by atoms with E-state index in [0.29, 0.717) is 35.2 Å². The van der Waals surface area contributed by atoms with Crippen LogP contribution >= 0.6 is 23.4 Å². The summed E-state index contributed by atoms with van der Waals surface area (Å²) in [6, 6.07) is 19.2. The van der Waals surface area contributed by atoms with E-state index in [1.807, 2.05) is 20.1 Å². The minimum Gasteiger partial charge on any atom is -0.494 e. The predicted octanol–water partition coefficient (Wildman–Crippen LogP) is 5.99. The molecule has 0 radical (unpaired) electrons. The fraction of sp³-hybridized carbons (Fsp3) is 0.355. The van der Waals surface area contributed by atoms with E-state index >= 15 is 0 Å². The maximum atomic E-state index is 14.0. The van der Waals surface area contributed by atoms with Crippen LogP contribution < -0.4 is 14.4 Å². The summed E-state index contributed by atoms with van der Waals surface area (Å²) in [7, 11) is -4.17. The molecule has 3 rings (SSSR count). The number of nitrogens with zero attached hydrogens (tertiary/aromatic N) is 2. The highest BCUT2D eigenvalue weighted by atomic mass is 35.5. The van der Waals surface area contributed by atoms with Crippen LogP contribution in [0.15, 0.2) is 82.6 Å². The van der Waals surface area contributed by atoms with Gasteiger partial charge in [0.05, 0.1) is 17.2 Å². The van der Waals surface area contributed by atoms with Gasteiger partial charge < -0.3 is 15.0 Å². The Morgan fingerprint density at radius 2 is 1.67 bits per heavy atom. The molecule has 0 spiro atoms. The first kappa shape index (κ1) is 33.3. The molecule has 3 aromatic carbocycles. The fourth-order valence-corrected chi connectivity index (χ4v) is 6.23. The van der Waals surface area contributed by atoms with Crippen molar-refractivity contribution in [1.29, 1.82) is 0 Å². The number of thioether (sulfide) groups is 1. The smallest absolute Gasteiger partial charge is 0.264 e. The minimum atomic E-state index is -4.17. The minimum absolute atomic E-state index is 0.0282. The standard InChI is InChI=1S/C31H38ClN3O5S2/c1-5-7-20-33-31(37)23(3)34(21-24-10-8-9-11-29(24)32)30(36)22-35(25-12-14-26(15-13-25)40-6-2)42(38,39)28-18-16-27(41-4)17-19-28/h8-19,23H,5-7,20-22H2,1-4H3,(H,33,37). The molecule has 1 unspecified atom stereocenters. The zero-order valence-electron chi connectivity index (χ0n) is 24.4. The van der Waals surface area contributed by atoms with E-state index in [1.54, 1.807) is 67.6 Å². The molecule has 2 amide bonds. The lowest BCUT2D eigenvalue weighted by Gasteiger charge is -2.32. The van der Waals surface area contributed by atoms with Gasteiger partial charge in [0.2, 0.25) is 11.8 Å². The van der Waals surface area contributed by atoms with E-state index in [-0.39, 0.29) is 17.3 Å². The molecule has 226 valence electrons. The second-order valence-electron chi connectivity index (χ2n) is 9.55. The van der Waals surface area contributed by atoms with Crippen LogP contribution in [0.2, 0.25) is 5.02 Å². The van der Waals surface area contributed by atoms with Crippen molar-refractivity contribution in [3.8, 4) is 5.75 Å². The van der Waals surface area contributed by atoms with Crippen molar-refractivity contribution < 1.29 is 22.7 Å². The summed E-state index contributed by atoms with van der Waals surface area (Å²) >= 11 is 7.92. The quantitative estimate of drug-likeness (QED) is 0.164. The lowest BCUT2D eigenvalue weighted by Crippen LogP contribution is -2.51. The molecule has 0 saturated heterocycles. The number of carbonyl (C=O) groups is 2. The maximum absolute atomic E-state index is 14.0. The van der Waals surface area contributed by atoms with Crippen LogP contribution in [-0.2, 0) is 26.2 Å². The zero-order valence-corrected chi connectivity index (χ0v) is 26.8. The molecular formula is C31H38ClN3O5S2. The number of sulfonamides is 1. The number of rotatable bonds is 15. The average molecular weight is 632 g/mol. The van der Waals surface area contributed by atoms with Crippen molar-refractivity contribution in [2.75, 3.05) is 30.3 Å². The Morgan fingerprint density at radius 3 is 2.26 bits per heavy atom. The monoisotopic (exact) mass is 631 g/mol. The van der Waals surface area contributed by atoms with Crippen LogP contribution in [0.4, 0.5) is 5.69 Å². The van der Waals surface area contributed by atoms with Gasteiger partial charge in [-0.2, -0.15) is 0 Å². The van der Waals surface area contributed by atoms with Gasteiger partial charge in [-0.05, 0) is 86.7 Å². The molecule has 0 aliphatic carbocycles. The van der Waals surface area contributed by atoms with E-state index in [0.717, 1.165) is 22.0 Å². The number of ether oxygens (including phenoxy) is 1. The summed E-state index contributed by atoms with van der Waals surface area (Å²) in [5.74, 6) is -0.301. The molecule has 0 aromatic heterocycles. The number of unbranched alkanes of at least 4 members (excludes halogenated alkanes) is 1. The predicted molar refractivity (Wildman–Crippen MR) is 170 cm³/mol. The van der Waals surface area contributed by atoms with Gasteiger partial charge in [0.15, 0.2) is 0 Å². The van der Waals surface area contributed by atoms with Crippen molar-refractivity contribution in [3.63, 3.8) is 0 Å². The highest BCUT2D eigenvalue weighted by molar-refractivity contribution is 7.98. The molecule has 0 aliphatic rings. The van der Waals surface area contributed by atoms with Crippen LogP contribution in [0.3, 0.4) is 0 Å². The topological polar surface area (TPSA) is 96.0 Å². The van der Waals surface area contributed by atoms with Gasteiger partial charge >= 0.3 is 0 Å². The number of anilines is 1. The van der Waals surface area contributed by atoms with E-state index in [2.05, 4.69) is 5.32 Å². The number of halogens is 1. The van der Waals surface area contributed by atoms with Crippen molar-refractivity contribution in [2.45, 2.75) is 56.0 Å². The SMILES string of the molecule is CCCCNC(=O)C(C)N(Cc1ccccc1Cl)C(=O)CN(c1ccc(OCC)cc1)S(=O)(=O)c1ccc(SC)cc1. The lowest BCUT2D eigenvalue weighted by molar-refractivity contribution is -0.139. The first-order valence-electron chi connectivity index (χ1n) is 13.8. The summed E-state index contributed by atoms with van der Waals surface area (Å²) < 4.78 is 34.6. The molecule has 0 bridgehead atoms. The van der Waals surface area contributed by atoms with E-state index < -0.39 is 28.5 Å². The highest BCUT2D eigenvalue weighted by Gasteiger charge is 2.32. The first-order chi connectivity index (χ1) is 20.1. The molecule has 0 aliphatic heterocycles. The maximum Gasteiger partial charge on any atom is 0.264 e. The van der Waals surface area contributed by atoms with Crippen LogP contribution in [0.25, 0.3) is 0 Å². The van der Waals surface area contributed by atoms with Crippen molar-refractivity contribution in [3.05, 3.63) is 83.4 Å². The van der Waals surface area contributed by atoms with Gasteiger partial charge in [0.1, 0.15) is 18.3 Å². The van der Waals surface area contributed by atoms with E-state index in [1.165, 1.54) is 28.8 Å². The van der Waals surface area contributed by atoms with Gasteiger partial charge in [0.25, 0.3) is 10.0 Å². The largest absolute Gasteiger partial charge is 0.494 e. The molecule has 3 aromatic rings. The van der Waals surface area contributed by atoms with Gasteiger partial charge in [-0.3, -0.25) is 13.9 Å².